The number of amides is 1. The van der Waals surface area contributed by atoms with Crippen LogP contribution < -0.4 is 5.43 Å². The molecule has 0 unspecified atom stereocenters. The highest BCUT2D eigenvalue weighted by atomic mass is 16.2. The standard InChI is InChI=1S/C18H14N2O/c21-18(16-7-2-1-3-8-16)20-19-13-14-10-11-15-6-4-5-9-17(15)12-14/h1-13H,(H,20,21)/b19-13-. The first kappa shape index (κ1) is 13.1. The van der Waals surface area contributed by atoms with Gasteiger partial charge < -0.3 is 0 Å². The maximum Gasteiger partial charge on any atom is 0.271 e. The van der Waals surface area contributed by atoms with E-state index >= 15 is 0 Å². The molecule has 0 aliphatic rings. The van der Waals surface area contributed by atoms with Crippen molar-refractivity contribution in [2.75, 3.05) is 0 Å². The molecule has 0 fully saturated rings. The number of carbonyl (C=O) groups is 1. The summed E-state index contributed by atoms with van der Waals surface area (Å²) in [6.45, 7) is 0. The number of nitrogens with one attached hydrogen (secondary N) is 1. The Balaban J connectivity index is 1.71. The molecule has 0 heterocycles. The van der Waals surface area contributed by atoms with Gasteiger partial charge >= 0.3 is 0 Å². The number of rotatable bonds is 3. The minimum absolute atomic E-state index is 0.215. The van der Waals surface area contributed by atoms with Crippen molar-refractivity contribution in [3.63, 3.8) is 0 Å². The van der Waals surface area contributed by atoms with Crippen LogP contribution >= 0.6 is 0 Å². The Bertz CT molecular complexity index is 794. The number of hydrogen-bond acceptors (Lipinski definition) is 2. The van der Waals surface area contributed by atoms with Gasteiger partial charge in [-0.25, -0.2) is 5.43 Å². The van der Waals surface area contributed by atoms with Gasteiger partial charge in [0.2, 0.25) is 0 Å². The highest BCUT2D eigenvalue weighted by molar-refractivity contribution is 5.95. The zero-order valence-electron chi connectivity index (χ0n) is 11.4. The molecule has 0 saturated carbocycles. The molecule has 1 amide bonds. The predicted octanol–water partition coefficient (Wildman–Crippen LogP) is 3.60. The van der Waals surface area contributed by atoms with Crippen molar-refractivity contribution >= 4 is 22.9 Å². The largest absolute Gasteiger partial charge is 0.271 e. The summed E-state index contributed by atoms with van der Waals surface area (Å²) in [5.41, 5.74) is 4.06. The maximum atomic E-state index is 11.8. The Morgan fingerprint density at radius 3 is 2.38 bits per heavy atom. The number of hydrogen-bond donors (Lipinski definition) is 1. The van der Waals surface area contributed by atoms with Crippen molar-refractivity contribution in [2.24, 2.45) is 5.10 Å². The van der Waals surface area contributed by atoms with Crippen LogP contribution in [-0.4, -0.2) is 12.1 Å². The third kappa shape index (κ3) is 3.15. The summed E-state index contributed by atoms with van der Waals surface area (Å²) in [6.07, 6.45) is 1.65. The average molecular weight is 274 g/mol. The van der Waals surface area contributed by atoms with Crippen LogP contribution in [0.1, 0.15) is 15.9 Å². The molecule has 3 heteroatoms. The van der Waals surface area contributed by atoms with Gasteiger partial charge in [0.25, 0.3) is 5.91 Å². The summed E-state index contributed by atoms with van der Waals surface area (Å²) in [5, 5.41) is 6.33. The van der Waals surface area contributed by atoms with Crippen LogP contribution in [0.25, 0.3) is 10.8 Å². The smallest absolute Gasteiger partial charge is 0.267 e. The third-order valence-corrected chi connectivity index (χ3v) is 3.19. The quantitative estimate of drug-likeness (QED) is 0.575. The molecule has 1 N–H and O–H groups in total. The minimum atomic E-state index is -0.215. The molecule has 0 bridgehead atoms. The van der Waals surface area contributed by atoms with Gasteiger partial charge in [-0.2, -0.15) is 5.10 Å². The van der Waals surface area contributed by atoms with Crippen molar-refractivity contribution in [2.45, 2.75) is 0 Å². The van der Waals surface area contributed by atoms with Crippen LogP contribution in [0.4, 0.5) is 0 Å². The molecule has 0 radical (unpaired) electrons. The van der Waals surface area contributed by atoms with Crippen molar-refractivity contribution in [3.05, 3.63) is 83.9 Å². The van der Waals surface area contributed by atoms with E-state index in [1.165, 1.54) is 5.39 Å². The Labute approximate surface area is 122 Å². The highest BCUT2D eigenvalue weighted by Gasteiger charge is 2.01. The Hall–Kier alpha value is -2.94. The zero-order chi connectivity index (χ0) is 14.5. The van der Waals surface area contributed by atoms with E-state index in [4.69, 9.17) is 0 Å². The molecule has 0 aromatic heterocycles. The maximum absolute atomic E-state index is 11.8. The van der Waals surface area contributed by atoms with Gasteiger partial charge in [-0.05, 0) is 34.5 Å². The lowest BCUT2D eigenvalue weighted by atomic mass is 10.1. The first-order valence-electron chi connectivity index (χ1n) is 6.70. The summed E-state index contributed by atoms with van der Waals surface area (Å²) >= 11 is 0. The van der Waals surface area contributed by atoms with Gasteiger partial charge in [-0.1, -0.05) is 54.6 Å². The lowest BCUT2D eigenvalue weighted by molar-refractivity contribution is 0.0955. The first-order chi connectivity index (χ1) is 10.3. The highest BCUT2D eigenvalue weighted by Crippen LogP contribution is 2.14. The van der Waals surface area contributed by atoms with Gasteiger partial charge in [0.15, 0.2) is 0 Å². The normalized spacial score (nSPS) is 10.9. The zero-order valence-corrected chi connectivity index (χ0v) is 11.4. The summed E-state index contributed by atoms with van der Waals surface area (Å²) in [4.78, 5) is 11.8. The molecule has 0 aliphatic heterocycles. The van der Waals surface area contributed by atoms with E-state index in [9.17, 15) is 4.79 Å². The number of carbonyl (C=O) groups excluding carboxylic acids is 1. The van der Waals surface area contributed by atoms with Crippen LogP contribution in [-0.2, 0) is 0 Å². The minimum Gasteiger partial charge on any atom is -0.267 e. The van der Waals surface area contributed by atoms with E-state index in [1.54, 1.807) is 18.3 Å². The number of benzene rings is 3. The lowest BCUT2D eigenvalue weighted by Crippen LogP contribution is -2.17. The second kappa shape index (κ2) is 6.01. The van der Waals surface area contributed by atoms with Crippen molar-refractivity contribution in [1.29, 1.82) is 0 Å². The summed E-state index contributed by atoms with van der Waals surface area (Å²) in [6, 6.07) is 23.2. The molecule has 0 spiro atoms. The molecule has 3 rings (SSSR count). The average Bonchev–Trinajstić information content (AvgIpc) is 2.55. The molecule has 21 heavy (non-hydrogen) atoms. The monoisotopic (exact) mass is 274 g/mol. The second-order valence-corrected chi connectivity index (χ2v) is 4.67. The molecule has 0 aliphatic carbocycles. The summed E-state index contributed by atoms with van der Waals surface area (Å²) < 4.78 is 0. The van der Waals surface area contributed by atoms with E-state index in [0.29, 0.717) is 5.56 Å². The summed E-state index contributed by atoms with van der Waals surface area (Å²) in [7, 11) is 0. The van der Waals surface area contributed by atoms with Crippen LogP contribution in [0.5, 0.6) is 0 Å². The molecule has 102 valence electrons. The Kier molecular flexibility index (Phi) is 3.74. The van der Waals surface area contributed by atoms with Crippen LogP contribution in [0.3, 0.4) is 0 Å². The Morgan fingerprint density at radius 1 is 0.857 bits per heavy atom. The lowest BCUT2D eigenvalue weighted by Gasteiger charge is -2.00. The van der Waals surface area contributed by atoms with E-state index in [-0.39, 0.29) is 5.91 Å². The van der Waals surface area contributed by atoms with Gasteiger partial charge in [0, 0.05) is 5.56 Å². The third-order valence-electron chi connectivity index (χ3n) is 3.19. The van der Waals surface area contributed by atoms with E-state index in [0.717, 1.165) is 10.9 Å². The van der Waals surface area contributed by atoms with Crippen molar-refractivity contribution in [1.82, 2.24) is 5.43 Å². The fraction of sp³-hybridized carbons (Fsp3) is 0. The van der Waals surface area contributed by atoms with Crippen molar-refractivity contribution < 1.29 is 4.79 Å². The fourth-order valence-corrected chi connectivity index (χ4v) is 2.11. The molecular formula is C18H14N2O. The van der Waals surface area contributed by atoms with Crippen LogP contribution in [0.15, 0.2) is 77.9 Å². The SMILES string of the molecule is O=C(N/N=C\c1ccc2ccccc2c1)c1ccccc1. The number of fused-ring (bicyclic) bond motifs is 1. The van der Waals surface area contributed by atoms with E-state index in [2.05, 4.69) is 22.7 Å². The summed E-state index contributed by atoms with van der Waals surface area (Å²) in [5.74, 6) is -0.215. The van der Waals surface area contributed by atoms with E-state index < -0.39 is 0 Å². The van der Waals surface area contributed by atoms with Gasteiger partial charge in [-0.3, -0.25) is 4.79 Å². The van der Waals surface area contributed by atoms with Gasteiger partial charge in [0.1, 0.15) is 0 Å². The fourth-order valence-electron chi connectivity index (χ4n) is 2.11. The molecular weight excluding hydrogens is 260 g/mol. The molecule has 3 aromatic carbocycles. The predicted molar refractivity (Wildman–Crippen MR) is 85.5 cm³/mol. The Morgan fingerprint density at radius 2 is 1.57 bits per heavy atom. The van der Waals surface area contributed by atoms with Crippen LogP contribution in [0, 0.1) is 0 Å². The second-order valence-electron chi connectivity index (χ2n) is 4.67. The molecule has 0 saturated heterocycles. The molecule has 3 aromatic rings. The molecule has 3 nitrogen and oxygen atoms in total. The van der Waals surface area contributed by atoms with Gasteiger partial charge in [-0.15, -0.1) is 0 Å². The topological polar surface area (TPSA) is 41.5 Å². The van der Waals surface area contributed by atoms with E-state index in [1.807, 2.05) is 48.5 Å². The van der Waals surface area contributed by atoms with Gasteiger partial charge in [0.05, 0.1) is 6.21 Å². The number of nitrogens with zero attached hydrogens (tertiary/aromatic N) is 1. The van der Waals surface area contributed by atoms with Crippen molar-refractivity contribution in [3.8, 4) is 0 Å². The molecule has 0 atom stereocenters. The van der Waals surface area contributed by atoms with Crippen LogP contribution in [0.2, 0.25) is 0 Å². The first-order valence-corrected chi connectivity index (χ1v) is 6.70. The number of hydrazone groups is 1.